The molecule has 0 aliphatic heterocycles. The number of aromatic nitrogens is 2. The zero-order valence-corrected chi connectivity index (χ0v) is 16.8. The molecule has 1 aliphatic carbocycles. The average Bonchev–Trinajstić information content (AvgIpc) is 2.70. The Morgan fingerprint density at radius 3 is 2.75 bits per heavy atom. The maximum Gasteiger partial charge on any atom is 0.254 e. The highest BCUT2D eigenvalue weighted by atomic mass is 35.5. The summed E-state index contributed by atoms with van der Waals surface area (Å²) < 4.78 is 5.76. The number of rotatable bonds is 6. The van der Waals surface area contributed by atoms with Gasteiger partial charge < -0.3 is 20.1 Å². The Kier molecular flexibility index (Phi) is 6.70. The van der Waals surface area contributed by atoms with Crippen molar-refractivity contribution in [2.24, 2.45) is 5.92 Å². The summed E-state index contributed by atoms with van der Waals surface area (Å²) in [5.41, 5.74) is 0.246. The molecule has 1 fully saturated rings. The van der Waals surface area contributed by atoms with Crippen molar-refractivity contribution in [1.29, 1.82) is 0 Å². The van der Waals surface area contributed by atoms with Gasteiger partial charge in [-0.1, -0.05) is 30.9 Å². The molecule has 1 aromatic carbocycles. The van der Waals surface area contributed by atoms with Crippen LogP contribution in [0.15, 0.2) is 30.5 Å². The molecule has 1 aromatic heterocycles. The van der Waals surface area contributed by atoms with Gasteiger partial charge >= 0.3 is 0 Å². The van der Waals surface area contributed by atoms with Crippen molar-refractivity contribution in [2.45, 2.75) is 38.3 Å². The number of nitrogens with zero attached hydrogens (tertiary/aromatic N) is 3. The topological polar surface area (TPSA) is 87.6 Å². The summed E-state index contributed by atoms with van der Waals surface area (Å²) in [7, 11) is 3.67. The Morgan fingerprint density at radius 2 is 2.04 bits per heavy atom. The lowest BCUT2D eigenvalue weighted by atomic mass is 9.88. The van der Waals surface area contributed by atoms with Gasteiger partial charge in [0.1, 0.15) is 12.0 Å². The Balaban J connectivity index is 1.72. The maximum absolute atomic E-state index is 12.6. The van der Waals surface area contributed by atoms with Crippen molar-refractivity contribution in [3.05, 3.63) is 41.0 Å². The van der Waals surface area contributed by atoms with E-state index >= 15 is 0 Å². The molecule has 1 unspecified atom stereocenters. The van der Waals surface area contributed by atoms with Crippen LogP contribution in [0, 0.1) is 5.92 Å². The molecule has 8 heteroatoms. The minimum Gasteiger partial charge on any atom is -0.439 e. The van der Waals surface area contributed by atoms with Crippen molar-refractivity contribution in [3.63, 3.8) is 0 Å². The molecule has 1 atom stereocenters. The molecule has 1 heterocycles. The van der Waals surface area contributed by atoms with Crippen molar-refractivity contribution < 1.29 is 14.6 Å². The monoisotopic (exact) mass is 404 g/mol. The third-order valence-corrected chi connectivity index (χ3v) is 5.13. The minimum absolute atomic E-state index is 0.0846. The molecule has 2 aromatic rings. The number of aliphatic hydroxyl groups excluding tert-OH is 1. The van der Waals surface area contributed by atoms with E-state index in [1.807, 2.05) is 14.1 Å². The summed E-state index contributed by atoms with van der Waals surface area (Å²) in [6, 6.07) is 6.43. The van der Waals surface area contributed by atoms with Gasteiger partial charge in [-0.05, 0) is 31.0 Å². The predicted octanol–water partition coefficient (Wildman–Crippen LogP) is 3.62. The highest BCUT2D eigenvalue weighted by molar-refractivity contribution is 6.33. The van der Waals surface area contributed by atoms with E-state index in [9.17, 15) is 9.90 Å². The number of hydrogen-bond acceptors (Lipinski definition) is 6. The lowest BCUT2D eigenvalue weighted by molar-refractivity contribution is 0.0463. The third-order valence-electron chi connectivity index (χ3n) is 4.80. The molecule has 150 valence electrons. The fraction of sp³-hybridized carbons (Fsp3) is 0.450. The standard InChI is InChI=1S/C20H25ClN4O3/c1-25(2)20-22-11-10-17(23-20)28-14-8-9-16(21)15(12-14)19(27)24-18(26)13-6-4-3-5-7-13/h8-13,18,26H,3-7H2,1-2H3,(H,24,27). The molecule has 3 rings (SSSR count). The molecule has 28 heavy (non-hydrogen) atoms. The molecule has 1 aliphatic rings. The zero-order chi connectivity index (χ0) is 20.1. The number of carbonyl (C=O) groups excluding carboxylic acids is 1. The van der Waals surface area contributed by atoms with Crippen LogP contribution in [0.4, 0.5) is 5.95 Å². The number of amides is 1. The normalized spacial score (nSPS) is 15.7. The fourth-order valence-corrected chi connectivity index (χ4v) is 3.45. The van der Waals surface area contributed by atoms with Crippen molar-refractivity contribution in [3.8, 4) is 11.6 Å². The predicted molar refractivity (Wildman–Crippen MR) is 108 cm³/mol. The molecule has 0 saturated heterocycles. The van der Waals surface area contributed by atoms with Gasteiger partial charge in [-0.2, -0.15) is 4.98 Å². The van der Waals surface area contributed by atoms with Crippen LogP contribution in [0.3, 0.4) is 0 Å². The highest BCUT2D eigenvalue weighted by Gasteiger charge is 2.24. The van der Waals surface area contributed by atoms with Crippen molar-refractivity contribution >= 4 is 23.5 Å². The van der Waals surface area contributed by atoms with Gasteiger partial charge in [0.15, 0.2) is 0 Å². The van der Waals surface area contributed by atoms with Gasteiger partial charge in [-0.3, -0.25) is 4.79 Å². The molecule has 0 radical (unpaired) electrons. The van der Waals surface area contributed by atoms with E-state index in [2.05, 4.69) is 15.3 Å². The molecule has 7 nitrogen and oxygen atoms in total. The zero-order valence-electron chi connectivity index (χ0n) is 16.1. The number of aliphatic hydroxyl groups is 1. The smallest absolute Gasteiger partial charge is 0.254 e. The second-order valence-corrected chi connectivity index (χ2v) is 7.56. The first-order valence-corrected chi connectivity index (χ1v) is 9.78. The molecule has 1 saturated carbocycles. The van der Waals surface area contributed by atoms with Crippen LogP contribution in [-0.2, 0) is 0 Å². The van der Waals surface area contributed by atoms with Crippen LogP contribution in [0.2, 0.25) is 5.02 Å². The molecular weight excluding hydrogens is 380 g/mol. The van der Waals surface area contributed by atoms with Gasteiger partial charge in [-0.25, -0.2) is 4.98 Å². The SMILES string of the molecule is CN(C)c1nccc(Oc2ccc(Cl)c(C(=O)NC(O)C3CCCCC3)c2)n1. The largest absolute Gasteiger partial charge is 0.439 e. The first kappa shape index (κ1) is 20.4. The van der Waals surface area contributed by atoms with Gasteiger partial charge in [-0.15, -0.1) is 0 Å². The summed E-state index contributed by atoms with van der Waals surface area (Å²) >= 11 is 6.20. The summed E-state index contributed by atoms with van der Waals surface area (Å²) in [4.78, 5) is 22.8. The van der Waals surface area contributed by atoms with E-state index < -0.39 is 12.1 Å². The van der Waals surface area contributed by atoms with E-state index in [4.69, 9.17) is 16.3 Å². The van der Waals surface area contributed by atoms with Gasteiger partial charge in [0.25, 0.3) is 5.91 Å². The number of carbonyl (C=O) groups is 1. The summed E-state index contributed by atoms with van der Waals surface area (Å²) in [5.74, 6) is 0.950. The van der Waals surface area contributed by atoms with Crippen molar-refractivity contribution in [2.75, 3.05) is 19.0 Å². The first-order chi connectivity index (χ1) is 13.4. The second kappa shape index (κ2) is 9.21. The van der Waals surface area contributed by atoms with E-state index in [-0.39, 0.29) is 16.5 Å². The van der Waals surface area contributed by atoms with E-state index in [0.717, 1.165) is 25.7 Å². The number of nitrogens with one attached hydrogen (secondary N) is 1. The second-order valence-electron chi connectivity index (χ2n) is 7.15. The van der Waals surface area contributed by atoms with Crippen LogP contribution in [0.25, 0.3) is 0 Å². The number of halogens is 1. The summed E-state index contributed by atoms with van der Waals surface area (Å²) in [5, 5.41) is 13.3. The number of anilines is 1. The Labute approximate surface area is 169 Å². The lowest BCUT2D eigenvalue weighted by Crippen LogP contribution is -2.41. The average molecular weight is 405 g/mol. The number of ether oxygens (including phenoxy) is 1. The quantitative estimate of drug-likeness (QED) is 0.715. The van der Waals surface area contributed by atoms with Crippen LogP contribution < -0.4 is 15.0 Å². The summed E-state index contributed by atoms with van der Waals surface area (Å²) in [6.07, 6.45) is 5.90. The molecule has 0 spiro atoms. The van der Waals surface area contributed by atoms with Crippen molar-refractivity contribution in [1.82, 2.24) is 15.3 Å². The minimum atomic E-state index is -0.877. The molecule has 0 bridgehead atoms. The van der Waals surface area contributed by atoms with Crippen LogP contribution in [0.5, 0.6) is 11.6 Å². The molecular formula is C20H25ClN4O3. The Bertz CT molecular complexity index is 825. The first-order valence-electron chi connectivity index (χ1n) is 9.41. The van der Waals surface area contributed by atoms with E-state index in [1.165, 1.54) is 6.42 Å². The van der Waals surface area contributed by atoms with Gasteiger partial charge in [0.05, 0.1) is 10.6 Å². The highest BCUT2D eigenvalue weighted by Crippen LogP contribution is 2.28. The van der Waals surface area contributed by atoms with Crippen LogP contribution in [0.1, 0.15) is 42.5 Å². The fourth-order valence-electron chi connectivity index (χ4n) is 3.25. The van der Waals surface area contributed by atoms with Crippen LogP contribution >= 0.6 is 11.6 Å². The van der Waals surface area contributed by atoms with Gasteiger partial charge in [0.2, 0.25) is 11.8 Å². The molecule has 2 N–H and O–H groups in total. The Hall–Kier alpha value is -2.38. The third kappa shape index (κ3) is 5.11. The lowest BCUT2D eigenvalue weighted by Gasteiger charge is -2.27. The summed E-state index contributed by atoms with van der Waals surface area (Å²) in [6.45, 7) is 0. The number of hydrogen-bond donors (Lipinski definition) is 2. The number of benzene rings is 1. The van der Waals surface area contributed by atoms with E-state index in [1.54, 1.807) is 35.4 Å². The Morgan fingerprint density at radius 1 is 1.29 bits per heavy atom. The van der Waals surface area contributed by atoms with Crippen LogP contribution in [-0.4, -0.2) is 41.3 Å². The van der Waals surface area contributed by atoms with Gasteiger partial charge in [0, 0.05) is 32.3 Å². The maximum atomic E-state index is 12.6. The van der Waals surface area contributed by atoms with E-state index in [0.29, 0.717) is 17.6 Å². The molecule has 1 amide bonds.